The Morgan fingerprint density at radius 2 is 1.61 bits per heavy atom. The molecule has 0 spiro atoms. The van der Waals surface area contributed by atoms with E-state index in [4.69, 9.17) is 30.5 Å². The first-order chi connectivity index (χ1) is 17.5. The lowest BCUT2D eigenvalue weighted by molar-refractivity contribution is -0.123. The smallest absolute Gasteiger partial charge is 0.293 e. The number of para-hydroxylation sites is 3. The van der Waals surface area contributed by atoms with Gasteiger partial charge in [-0.3, -0.25) is 14.5 Å². The Morgan fingerprint density at radius 3 is 2.36 bits per heavy atom. The topological polar surface area (TPSA) is 74.3 Å². The molecule has 4 rings (SSSR count). The van der Waals surface area contributed by atoms with Crippen molar-refractivity contribution in [2.75, 3.05) is 27.4 Å². The first-order valence-corrected chi connectivity index (χ1v) is 12.2. The predicted octanol–water partition coefficient (Wildman–Crippen LogP) is 6.05. The lowest BCUT2D eigenvalue weighted by Gasteiger charge is -2.15. The van der Waals surface area contributed by atoms with Crippen LogP contribution in [0.3, 0.4) is 0 Å². The zero-order valence-electron chi connectivity index (χ0n) is 19.7. The second-order valence-corrected chi connectivity index (χ2v) is 9.06. The van der Waals surface area contributed by atoms with Gasteiger partial charge in [-0.15, -0.1) is 0 Å². The van der Waals surface area contributed by atoms with Gasteiger partial charge in [0, 0.05) is 10.6 Å². The second kappa shape index (κ2) is 11.9. The predicted molar refractivity (Wildman–Crippen MR) is 140 cm³/mol. The van der Waals surface area contributed by atoms with E-state index in [2.05, 4.69) is 0 Å². The molecule has 0 saturated carbocycles. The maximum atomic E-state index is 13.0. The average Bonchev–Trinajstić information content (AvgIpc) is 3.15. The van der Waals surface area contributed by atoms with Gasteiger partial charge in [-0.2, -0.15) is 0 Å². The molecule has 1 fully saturated rings. The Kier molecular flexibility index (Phi) is 8.40. The fourth-order valence-electron chi connectivity index (χ4n) is 3.56. The molecule has 1 heterocycles. The fraction of sp³-hybridized carbons (Fsp3) is 0.185. The van der Waals surface area contributed by atoms with Crippen LogP contribution in [0.5, 0.6) is 23.0 Å². The van der Waals surface area contributed by atoms with E-state index in [0.717, 1.165) is 17.3 Å². The number of ether oxygens (including phenoxy) is 4. The Hall–Kier alpha value is -3.62. The monoisotopic (exact) mass is 525 g/mol. The summed E-state index contributed by atoms with van der Waals surface area (Å²) in [5.74, 6) is 1.70. The minimum atomic E-state index is -0.391. The summed E-state index contributed by atoms with van der Waals surface area (Å²) in [6, 6.07) is 19.9. The van der Waals surface area contributed by atoms with Crippen LogP contribution >= 0.6 is 23.4 Å². The van der Waals surface area contributed by atoms with Gasteiger partial charge < -0.3 is 18.9 Å². The van der Waals surface area contributed by atoms with Crippen molar-refractivity contribution in [3.63, 3.8) is 0 Å². The van der Waals surface area contributed by atoms with Crippen LogP contribution < -0.4 is 18.9 Å². The summed E-state index contributed by atoms with van der Waals surface area (Å²) in [5.41, 5.74) is 1.50. The maximum Gasteiger partial charge on any atom is 0.293 e. The lowest BCUT2D eigenvalue weighted by atomic mass is 10.1. The van der Waals surface area contributed by atoms with Crippen LogP contribution in [0.4, 0.5) is 4.79 Å². The van der Waals surface area contributed by atoms with E-state index in [1.165, 1.54) is 4.90 Å². The number of halogens is 1. The van der Waals surface area contributed by atoms with Gasteiger partial charge in [0.2, 0.25) is 0 Å². The fourth-order valence-corrected chi connectivity index (χ4v) is 4.63. The maximum absolute atomic E-state index is 13.0. The molecule has 0 aromatic heterocycles. The van der Waals surface area contributed by atoms with Gasteiger partial charge in [0.1, 0.15) is 13.2 Å². The van der Waals surface area contributed by atoms with Gasteiger partial charge in [-0.05, 0) is 53.7 Å². The second-order valence-electron chi connectivity index (χ2n) is 7.63. The number of hydrogen-bond donors (Lipinski definition) is 0. The van der Waals surface area contributed by atoms with Crippen LogP contribution in [0, 0.1) is 0 Å². The zero-order chi connectivity index (χ0) is 25.5. The molecule has 7 nitrogen and oxygen atoms in total. The Labute approximate surface area is 218 Å². The molecule has 1 saturated heterocycles. The number of rotatable bonds is 10. The molecule has 1 aliphatic heterocycles. The quantitative estimate of drug-likeness (QED) is 0.298. The highest BCUT2D eigenvalue weighted by Crippen LogP contribution is 2.38. The highest BCUT2D eigenvalue weighted by Gasteiger charge is 2.35. The van der Waals surface area contributed by atoms with E-state index in [1.54, 1.807) is 56.7 Å². The molecule has 1 aliphatic rings. The minimum absolute atomic E-state index is 0.107. The summed E-state index contributed by atoms with van der Waals surface area (Å²) < 4.78 is 22.5. The molecule has 3 aromatic carbocycles. The number of nitrogens with zero attached hydrogens (tertiary/aromatic N) is 1. The van der Waals surface area contributed by atoms with Crippen molar-refractivity contribution >= 4 is 40.6 Å². The number of amides is 2. The van der Waals surface area contributed by atoms with Crippen molar-refractivity contribution < 1.29 is 28.5 Å². The Morgan fingerprint density at radius 1 is 0.889 bits per heavy atom. The molecule has 36 heavy (non-hydrogen) atoms. The molecule has 0 N–H and O–H groups in total. The van der Waals surface area contributed by atoms with E-state index in [1.807, 2.05) is 30.3 Å². The first kappa shape index (κ1) is 25.5. The summed E-state index contributed by atoms with van der Waals surface area (Å²) in [6.45, 7) is 0.499. The number of thioether (sulfide) groups is 1. The SMILES string of the molecule is COc1ccccc1OCCN1C(=O)S/C(=C\c2cccc(OC)c2OCc2cccc(Cl)c2)C1=O. The van der Waals surface area contributed by atoms with Crippen molar-refractivity contribution in [2.45, 2.75) is 6.61 Å². The molecular formula is C27H24ClNO6S. The van der Waals surface area contributed by atoms with E-state index in [9.17, 15) is 9.59 Å². The van der Waals surface area contributed by atoms with Crippen LogP contribution in [0.2, 0.25) is 5.02 Å². The van der Waals surface area contributed by atoms with Gasteiger partial charge in [0.15, 0.2) is 23.0 Å². The molecule has 0 unspecified atom stereocenters. The molecule has 9 heteroatoms. The average molecular weight is 526 g/mol. The molecule has 0 bridgehead atoms. The van der Waals surface area contributed by atoms with E-state index < -0.39 is 5.91 Å². The van der Waals surface area contributed by atoms with Gasteiger partial charge in [0.05, 0.1) is 25.7 Å². The standard InChI is InChI=1S/C27H24ClNO6S/c1-32-21-10-3-4-11-22(21)34-14-13-29-26(30)24(36-27(29)31)16-19-8-6-12-23(33-2)25(19)35-17-18-7-5-9-20(28)15-18/h3-12,15-16H,13-14,17H2,1-2H3/b24-16-. The Bertz CT molecular complexity index is 1290. The summed E-state index contributed by atoms with van der Waals surface area (Å²) in [4.78, 5) is 27.1. The largest absolute Gasteiger partial charge is 0.493 e. The number of benzene rings is 3. The van der Waals surface area contributed by atoms with E-state index in [-0.39, 0.29) is 29.9 Å². The first-order valence-electron chi connectivity index (χ1n) is 11.1. The number of hydrogen-bond acceptors (Lipinski definition) is 7. The van der Waals surface area contributed by atoms with Gasteiger partial charge in [-0.1, -0.05) is 48.0 Å². The number of carbonyl (C=O) groups is 2. The van der Waals surface area contributed by atoms with Crippen LogP contribution in [0.25, 0.3) is 6.08 Å². The van der Waals surface area contributed by atoms with Crippen molar-refractivity contribution in [1.82, 2.24) is 4.90 Å². The van der Waals surface area contributed by atoms with Gasteiger partial charge in [0.25, 0.3) is 11.1 Å². The van der Waals surface area contributed by atoms with E-state index >= 15 is 0 Å². The number of imide groups is 1. The van der Waals surface area contributed by atoms with Crippen molar-refractivity contribution in [2.24, 2.45) is 0 Å². The highest BCUT2D eigenvalue weighted by atomic mass is 35.5. The minimum Gasteiger partial charge on any atom is -0.493 e. The molecule has 3 aromatic rings. The van der Waals surface area contributed by atoms with Crippen LogP contribution in [-0.2, 0) is 11.4 Å². The van der Waals surface area contributed by atoms with Gasteiger partial charge in [-0.25, -0.2) is 0 Å². The molecular weight excluding hydrogens is 502 g/mol. The summed E-state index contributed by atoms with van der Waals surface area (Å²) in [7, 11) is 3.09. The van der Waals surface area contributed by atoms with E-state index in [0.29, 0.717) is 33.6 Å². The van der Waals surface area contributed by atoms with Crippen LogP contribution in [-0.4, -0.2) is 43.4 Å². The van der Waals surface area contributed by atoms with Crippen LogP contribution in [0.15, 0.2) is 71.6 Å². The third-order valence-electron chi connectivity index (χ3n) is 5.30. The van der Waals surface area contributed by atoms with Crippen LogP contribution in [0.1, 0.15) is 11.1 Å². The number of methoxy groups -OCH3 is 2. The highest BCUT2D eigenvalue weighted by molar-refractivity contribution is 8.18. The molecule has 0 atom stereocenters. The van der Waals surface area contributed by atoms with Crippen molar-refractivity contribution in [3.05, 3.63) is 87.8 Å². The third-order valence-corrected chi connectivity index (χ3v) is 6.45. The molecule has 2 amide bonds. The lowest BCUT2D eigenvalue weighted by Crippen LogP contribution is -2.32. The zero-order valence-corrected chi connectivity index (χ0v) is 21.3. The normalized spacial score (nSPS) is 14.3. The summed E-state index contributed by atoms with van der Waals surface area (Å²) >= 11 is 6.95. The van der Waals surface area contributed by atoms with Gasteiger partial charge >= 0.3 is 0 Å². The third kappa shape index (κ3) is 5.95. The van der Waals surface area contributed by atoms with Crippen molar-refractivity contribution in [3.8, 4) is 23.0 Å². The summed E-state index contributed by atoms with van der Waals surface area (Å²) in [5, 5.41) is 0.249. The van der Waals surface area contributed by atoms with Crippen molar-refractivity contribution in [1.29, 1.82) is 0 Å². The molecule has 0 aliphatic carbocycles. The Balaban J connectivity index is 1.48. The molecule has 0 radical (unpaired) electrons. The summed E-state index contributed by atoms with van der Waals surface area (Å²) in [6.07, 6.45) is 1.64. The number of carbonyl (C=O) groups excluding carboxylic acids is 2. The molecule has 186 valence electrons.